The lowest BCUT2D eigenvalue weighted by Gasteiger charge is -2.24. The Balaban J connectivity index is 1.28. The number of carbonyl (C=O) groups excluding carboxylic acids is 3. The van der Waals surface area contributed by atoms with Crippen LogP contribution in [-0.2, 0) is 16.0 Å². The van der Waals surface area contributed by atoms with Crippen LogP contribution < -0.4 is 5.32 Å². The van der Waals surface area contributed by atoms with Crippen molar-refractivity contribution in [1.82, 2.24) is 15.1 Å². The average Bonchev–Trinajstić information content (AvgIpc) is 3.36. The number of benzene rings is 2. The first kappa shape index (κ1) is 20.1. The molecular weight excluding hydrogens is 378 g/mol. The van der Waals surface area contributed by atoms with Crippen LogP contribution in [0.1, 0.15) is 28.8 Å². The first-order chi connectivity index (χ1) is 14.6. The minimum Gasteiger partial charge on any atom is -0.343 e. The third-order valence-electron chi connectivity index (χ3n) is 6.26. The lowest BCUT2D eigenvalue weighted by molar-refractivity contribution is -0.136. The molecule has 0 aromatic heterocycles. The number of nitrogens with one attached hydrogen (secondary N) is 1. The molecule has 1 atom stereocenters. The number of carbonyl (C=O) groups is 3. The van der Waals surface area contributed by atoms with Gasteiger partial charge in [0.25, 0.3) is 5.91 Å². The second-order valence-electron chi connectivity index (χ2n) is 8.17. The number of likely N-dealkylation sites (tertiary alicyclic amines) is 2. The third kappa shape index (κ3) is 4.22. The summed E-state index contributed by atoms with van der Waals surface area (Å²) in [7, 11) is 0. The summed E-state index contributed by atoms with van der Waals surface area (Å²) in [6.07, 6.45) is 2.34. The molecule has 2 fully saturated rings. The SMILES string of the molecule is O=C(NCC(=O)N1CCC2(CCN(CCc3ccccc3)C2=O)C1)c1ccccc1. The molecule has 2 heterocycles. The van der Waals surface area contributed by atoms with Gasteiger partial charge in [-0.05, 0) is 37.0 Å². The average molecular weight is 405 g/mol. The molecule has 30 heavy (non-hydrogen) atoms. The fraction of sp³-hybridized carbons (Fsp3) is 0.375. The van der Waals surface area contributed by atoms with Gasteiger partial charge in [-0.25, -0.2) is 0 Å². The van der Waals surface area contributed by atoms with E-state index in [0.717, 1.165) is 19.4 Å². The topological polar surface area (TPSA) is 69.7 Å². The lowest BCUT2D eigenvalue weighted by Crippen LogP contribution is -2.42. The van der Waals surface area contributed by atoms with Crippen LogP contribution in [0.3, 0.4) is 0 Å². The van der Waals surface area contributed by atoms with E-state index < -0.39 is 5.41 Å². The number of hydrogen-bond donors (Lipinski definition) is 1. The minimum atomic E-state index is -0.449. The minimum absolute atomic E-state index is 0.0459. The summed E-state index contributed by atoms with van der Waals surface area (Å²) in [6, 6.07) is 19.0. The van der Waals surface area contributed by atoms with Gasteiger partial charge in [0.1, 0.15) is 0 Å². The molecule has 4 rings (SSSR count). The normalized spacial score (nSPS) is 20.7. The van der Waals surface area contributed by atoms with E-state index in [1.165, 1.54) is 5.56 Å². The highest BCUT2D eigenvalue weighted by Crippen LogP contribution is 2.40. The van der Waals surface area contributed by atoms with Crippen molar-refractivity contribution in [3.63, 3.8) is 0 Å². The monoisotopic (exact) mass is 405 g/mol. The summed E-state index contributed by atoms with van der Waals surface area (Å²) in [5.74, 6) is -0.226. The van der Waals surface area contributed by atoms with Crippen molar-refractivity contribution in [1.29, 1.82) is 0 Å². The van der Waals surface area contributed by atoms with Crippen LogP contribution in [-0.4, -0.2) is 60.2 Å². The molecule has 2 aliphatic rings. The smallest absolute Gasteiger partial charge is 0.251 e. The van der Waals surface area contributed by atoms with E-state index in [-0.39, 0.29) is 24.3 Å². The van der Waals surface area contributed by atoms with Gasteiger partial charge < -0.3 is 15.1 Å². The number of amides is 3. The number of rotatable bonds is 6. The molecule has 6 nitrogen and oxygen atoms in total. The van der Waals surface area contributed by atoms with Gasteiger partial charge in [-0.15, -0.1) is 0 Å². The van der Waals surface area contributed by atoms with Gasteiger partial charge in [0.05, 0.1) is 12.0 Å². The van der Waals surface area contributed by atoms with Gasteiger partial charge in [-0.2, -0.15) is 0 Å². The highest BCUT2D eigenvalue weighted by molar-refractivity contribution is 5.96. The maximum absolute atomic E-state index is 13.1. The van der Waals surface area contributed by atoms with Crippen LogP contribution >= 0.6 is 0 Å². The Morgan fingerprint density at radius 2 is 1.60 bits per heavy atom. The van der Waals surface area contributed by atoms with Crippen LogP contribution in [0, 0.1) is 5.41 Å². The van der Waals surface area contributed by atoms with Crippen LogP contribution in [0.15, 0.2) is 60.7 Å². The van der Waals surface area contributed by atoms with Crippen molar-refractivity contribution in [2.24, 2.45) is 5.41 Å². The van der Waals surface area contributed by atoms with Crippen LogP contribution in [0.5, 0.6) is 0 Å². The Morgan fingerprint density at radius 3 is 2.33 bits per heavy atom. The molecule has 2 aromatic rings. The van der Waals surface area contributed by atoms with Gasteiger partial charge in [0.15, 0.2) is 0 Å². The number of nitrogens with zero attached hydrogens (tertiary/aromatic N) is 2. The van der Waals surface area contributed by atoms with Gasteiger partial charge in [0.2, 0.25) is 11.8 Å². The van der Waals surface area contributed by atoms with Crippen LogP contribution in [0.2, 0.25) is 0 Å². The summed E-state index contributed by atoms with van der Waals surface area (Å²) < 4.78 is 0. The largest absolute Gasteiger partial charge is 0.343 e. The Hall–Kier alpha value is -3.15. The van der Waals surface area contributed by atoms with Gasteiger partial charge in [-0.1, -0.05) is 48.5 Å². The number of hydrogen-bond acceptors (Lipinski definition) is 3. The zero-order valence-corrected chi connectivity index (χ0v) is 17.0. The molecule has 0 saturated carbocycles. The molecule has 2 aliphatic heterocycles. The molecule has 0 radical (unpaired) electrons. The van der Waals surface area contributed by atoms with Crippen molar-refractivity contribution < 1.29 is 14.4 Å². The van der Waals surface area contributed by atoms with E-state index in [9.17, 15) is 14.4 Å². The van der Waals surface area contributed by atoms with Gasteiger partial charge >= 0.3 is 0 Å². The quantitative estimate of drug-likeness (QED) is 0.800. The zero-order chi connectivity index (χ0) is 21.0. The second kappa shape index (κ2) is 8.69. The molecule has 3 amide bonds. The Kier molecular flexibility index (Phi) is 5.84. The molecule has 156 valence electrons. The third-order valence-corrected chi connectivity index (χ3v) is 6.26. The standard InChI is InChI=1S/C24H27N3O3/c28-21(17-25-22(29)20-9-5-2-6-10-20)27-16-13-24(18-27)12-15-26(23(24)30)14-11-19-7-3-1-4-8-19/h1-10H,11-18H2,(H,25,29). The lowest BCUT2D eigenvalue weighted by atomic mass is 9.85. The van der Waals surface area contributed by atoms with Crippen molar-refractivity contribution in [3.05, 3.63) is 71.8 Å². The zero-order valence-electron chi connectivity index (χ0n) is 17.0. The molecule has 1 unspecified atom stereocenters. The van der Waals surface area contributed by atoms with Crippen LogP contribution in [0.25, 0.3) is 0 Å². The molecule has 1 spiro atoms. The molecular formula is C24H27N3O3. The van der Waals surface area contributed by atoms with E-state index >= 15 is 0 Å². The van der Waals surface area contributed by atoms with E-state index in [2.05, 4.69) is 17.4 Å². The first-order valence-corrected chi connectivity index (χ1v) is 10.5. The predicted molar refractivity (Wildman–Crippen MR) is 114 cm³/mol. The Labute approximate surface area is 176 Å². The van der Waals surface area contributed by atoms with Crippen molar-refractivity contribution in [2.75, 3.05) is 32.7 Å². The Morgan fingerprint density at radius 1 is 0.933 bits per heavy atom. The van der Waals surface area contributed by atoms with Crippen molar-refractivity contribution >= 4 is 17.7 Å². The Bertz CT molecular complexity index is 916. The van der Waals surface area contributed by atoms with E-state index in [1.54, 1.807) is 29.2 Å². The molecule has 6 heteroatoms. The van der Waals surface area contributed by atoms with Crippen LogP contribution in [0.4, 0.5) is 0 Å². The van der Waals surface area contributed by atoms with Crippen molar-refractivity contribution in [3.8, 4) is 0 Å². The molecule has 2 aromatic carbocycles. The highest BCUT2D eigenvalue weighted by atomic mass is 16.2. The van der Waals surface area contributed by atoms with Gasteiger partial charge in [-0.3, -0.25) is 14.4 Å². The molecule has 1 N–H and O–H groups in total. The first-order valence-electron chi connectivity index (χ1n) is 10.5. The maximum Gasteiger partial charge on any atom is 0.251 e. The van der Waals surface area contributed by atoms with E-state index in [1.807, 2.05) is 29.2 Å². The van der Waals surface area contributed by atoms with E-state index in [4.69, 9.17) is 0 Å². The second-order valence-corrected chi connectivity index (χ2v) is 8.17. The highest BCUT2D eigenvalue weighted by Gasteiger charge is 2.51. The fourth-order valence-electron chi connectivity index (χ4n) is 4.44. The predicted octanol–water partition coefficient (Wildman–Crippen LogP) is 2.11. The summed E-state index contributed by atoms with van der Waals surface area (Å²) >= 11 is 0. The molecule has 0 aliphatic carbocycles. The molecule has 2 saturated heterocycles. The maximum atomic E-state index is 13.1. The van der Waals surface area contributed by atoms with Crippen molar-refractivity contribution in [2.45, 2.75) is 19.3 Å². The summed E-state index contributed by atoms with van der Waals surface area (Å²) in [4.78, 5) is 41.5. The summed E-state index contributed by atoms with van der Waals surface area (Å²) in [5.41, 5.74) is 1.31. The summed E-state index contributed by atoms with van der Waals surface area (Å²) in [5, 5.41) is 2.69. The van der Waals surface area contributed by atoms with E-state index in [0.29, 0.717) is 31.6 Å². The fourth-order valence-corrected chi connectivity index (χ4v) is 4.44. The summed E-state index contributed by atoms with van der Waals surface area (Å²) in [6.45, 7) is 2.44. The van der Waals surface area contributed by atoms with Gasteiger partial charge in [0, 0.05) is 31.7 Å². The molecule has 0 bridgehead atoms.